The monoisotopic (exact) mass is 283 g/mol. The van der Waals surface area contributed by atoms with Crippen LogP contribution in [0.2, 0.25) is 0 Å². The first-order valence-corrected chi connectivity index (χ1v) is 6.23. The van der Waals surface area contributed by atoms with E-state index < -0.39 is 4.92 Å². The molecule has 0 bridgehead atoms. The highest BCUT2D eigenvalue weighted by Gasteiger charge is 2.16. The van der Waals surface area contributed by atoms with E-state index >= 15 is 0 Å². The van der Waals surface area contributed by atoms with Crippen molar-refractivity contribution < 1.29 is 9.66 Å². The first-order valence-electron chi connectivity index (χ1n) is 6.23. The van der Waals surface area contributed by atoms with E-state index in [-0.39, 0.29) is 12.3 Å². The fourth-order valence-electron chi connectivity index (χ4n) is 1.99. The minimum Gasteiger partial charge on any atom is -0.487 e. The van der Waals surface area contributed by atoms with Crippen LogP contribution in [0.25, 0.3) is 0 Å². The summed E-state index contributed by atoms with van der Waals surface area (Å²) in [4.78, 5) is 10.5. The van der Waals surface area contributed by atoms with Crippen molar-refractivity contribution in [3.05, 3.63) is 63.7 Å². The fourth-order valence-corrected chi connectivity index (χ4v) is 1.99. The van der Waals surface area contributed by atoms with Crippen molar-refractivity contribution in [1.82, 2.24) is 0 Å². The minimum atomic E-state index is -0.446. The zero-order chi connectivity index (χ0) is 15.2. The Bertz CT molecular complexity index is 708. The Labute approximate surface area is 121 Å². The third kappa shape index (κ3) is 3.09. The molecule has 0 heterocycles. The number of nitrogens with one attached hydrogen (secondary N) is 1. The molecule has 1 N–H and O–H groups in total. The van der Waals surface area contributed by atoms with E-state index in [0.717, 1.165) is 0 Å². The highest BCUT2D eigenvalue weighted by Crippen LogP contribution is 2.29. The van der Waals surface area contributed by atoms with E-state index in [1.807, 2.05) is 6.07 Å². The number of nitrogens with zero attached hydrogens (tertiary/aromatic N) is 2. The van der Waals surface area contributed by atoms with E-state index in [1.54, 1.807) is 43.4 Å². The number of anilines is 1. The molecule has 2 aromatic rings. The largest absolute Gasteiger partial charge is 0.487 e. The van der Waals surface area contributed by atoms with Gasteiger partial charge < -0.3 is 10.1 Å². The molecular weight excluding hydrogens is 270 g/mol. The molecule has 2 aromatic carbocycles. The topological polar surface area (TPSA) is 88.2 Å². The third-order valence-corrected chi connectivity index (χ3v) is 2.97. The van der Waals surface area contributed by atoms with E-state index in [1.165, 1.54) is 6.07 Å². The predicted octanol–water partition coefficient (Wildman–Crippen LogP) is 3.09. The number of hydrogen-bond donors (Lipinski definition) is 1. The summed E-state index contributed by atoms with van der Waals surface area (Å²) in [6, 6.07) is 13.7. The van der Waals surface area contributed by atoms with Crippen molar-refractivity contribution in [3.63, 3.8) is 0 Å². The van der Waals surface area contributed by atoms with Gasteiger partial charge in [-0.05, 0) is 12.1 Å². The molecule has 0 aliphatic heterocycles. The minimum absolute atomic E-state index is 0.00725. The molecular formula is C15H13N3O3. The van der Waals surface area contributed by atoms with Gasteiger partial charge in [-0.15, -0.1) is 0 Å². The molecule has 0 fully saturated rings. The molecule has 0 aromatic heterocycles. The van der Waals surface area contributed by atoms with Crippen LogP contribution >= 0.6 is 0 Å². The van der Waals surface area contributed by atoms with Gasteiger partial charge in [0.25, 0.3) is 5.69 Å². The van der Waals surface area contributed by atoms with Crippen molar-refractivity contribution in [2.75, 3.05) is 12.4 Å². The van der Waals surface area contributed by atoms with Crippen LogP contribution in [0.3, 0.4) is 0 Å². The number of nitro groups is 1. The molecule has 0 radical (unpaired) electrons. The molecule has 0 unspecified atom stereocenters. The van der Waals surface area contributed by atoms with Gasteiger partial charge in [-0.25, -0.2) is 0 Å². The molecule has 0 aliphatic carbocycles. The SMILES string of the molecule is CNc1c(COc2ccccc2C#N)cccc1[N+](=O)[O-]. The number of rotatable bonds is 5. The second-order valence-corrected chi connectivity index (χ2v) is 4.22. The Morgan fingerprint density at radius 3 is 2.71 bits per heavy atom. The average Bonchev–Trinajstić information content (AvgIpc) is 2.52. The van der Waals surface area contributed by atoms with Gasteiger partial charge in [-0.1, -0.05) is 24.3 Å². The van der Waals surface area contributed by atoms with Gasteiger partial charge in [0.1, 0.15) is 24.1 Å². The predicted molar refractivity (Wildman–Crippen MR) is 78.1 cm³/mol. The van der Waals surface area contributed by atoms with Crippen LogP contribution in [-0.2, 0) is 6.61 Å². The summed E-state index contributed by atoms with van der Waals surface area (Å²) < 4.78 is 5.61. The Hall–Kier alpha value is -3.07. The first-order chi connectivity index (χ1) is 10.2. The number of para-hydroxylation sites is 2. The molecule has 0 aliphatic rings. The Balaban J connectivity index is 2.27. The number of ether oxygens (including phenoxy) is 1. The molecule has 6 nitrogen and oxygen atoms in total. The van der Waals surface area contributed by atoms with Crippen molar-refractivity contribution in [2.45, 2.75) is 6.61 Å². The normalized spacial score (nSPS) is 9.71. The van der Waals surface area contributed by atoms with E-state index in [4.69, 9.17) is 10.00 Å². The molecule has 2 rings (SSSR count). The molecule has 0 atom stereocenters. The summed E-state index contributed by atoms with van der Waals surface area (Å²) in [6.07, 6.45) is 0. The van der Waals surface area contributed by atoms with E-state index in [0.29, 0.717) is 22.6 Å². The molecule has 106 valence electrons. The standard InChI is InChI=1S/C15H13N3O3/c1-17-15-12(6-4-7-13(15)18(19)20)10-21-14-8-3-2-5-11(14)9-16/h2-8,17H,10H2,1H3. The first kappa shape index (κ1) is 14.3. The molecule has 0 saturated carbocycles. The average molecular weight is 283 g/mol. The van der Waals surface area contributed by atoms with Crippen LogP contribution in [0.5, 0.6) is 5.75 Å². The lowest BCUT2D eigenvalue weighted by Gasteiger charge is -2.11. The summed E-state index contributed by atoms with van der Waals surface area (Å²) >= 11 is 0. The molecule has 0 amide bonds. The molecule has 21 heavy (non-hydrogen) atoms. The molecule has 6 heteroatoms. The summed E-state index contributed by atoms with van der Waals surface area (Å²) in [5.41, 5.74) is 1.48. The maximum atomic E-state index is 11.0. The van der Waals surface area contributed by atoms with Crippen molar-refractivity contribution >= 4 is 11.4 Å². The Morgan fingerprint density at radius 1 is 1.29 bits per heavy atom. The lowest BCUT2D eigenvalue weighted by Crippen LogP contribution is -2.04. The second-order valence-electron chi connectivity index (χ2n) is 4.22. The Morgan fingerprint density at radius 2 is 2.05 bits per heavy atom. The lowest BCUT2D eigenvalue weighted by atomic mass is 10.1. The van der Waals surface area contributed by atoms with Gasteiger partial charge in [-0.3, -0.25) is 10.1 Å². The van der Waals surface area contributed by atoms with Gasteiger partial charge in [0.05, 0.1) is 10.5 Å². The summed E-state index contributed by atoms with van der Waals surface area (Å²) in [5.74, 6) is 0.452. The lowest BCUT2D eigenvalue weighted by molar-refractivity contribution is -0.384. The summed E-state index contributed by atoms with van der Waals surface area (Å²) in [6.45, 7) is 0.135. The van der Waals surface area contributed by atoms with Gasteiger partial charge >= 0.3 is 0 Å². The molecule has 0 spiro atoms. The number of hydrogen-bond acceptors (Lipinski definition) is 5. The van der Waals surface area contributed by atoms with E-state index in [2.05, 4.69) is 5.32 Å². The molecule has 0 saturated heterocycles. The smallest absolute Gasteiger partial charge is 0.292 e. The van der Waals surface area contributed by atoms with Crippen LogP contribution in [0, 0.1) is 21.4 Å². The van der Waals surface area contributed by atoms with Crippen LogP contribution in [0.4, 0.5) is 11.4 Å². The highest BCUT2D eigenvalue weighted by molar-refractivity contribution is 5.66. The van der Waals surface area contributed by atoms with Crippen LogP contribution in [-0.4, -0.2) is 12.0 Å². The third-order valence-electron chi connectivity index (χ3n) is 2.97. The number of nitriles is 1. The zero-order valence-corrected chi connectivity index (χ0v) is 11.4. The maximum absolute atomic E-state index is 11.0. The quantitative estimate of drug-likeness (QED) is 0.673. The van der Waals surface area contributed by atoms with Crippen molar-refractivity contribution in [1.29, 1.82) is 5.26 Å². The van der Waals surface area contributed by atoms with Gasteiger partial charge in [0.15, 0.2) is 0 Å². The van der Waals surface area contributed by atoms with Crippen LogP contribution in [0.1, 0.15) is 11.1 Å². The van der Waals surface area contributed by atoms with Gasteiger partial charge in [0, 0.05) is 18.7 Å². The van der Waals surface area contributed by atoms with Gasteiger partial charge in [0.2, 0.25) is 0 Å². The number of nitro benzene ring substituents is 1. The van der Waals surface area contributed by atoms with Crippen LogP contribution < -0.4 is 10.1 Å². The van der Waals surface area contributed by atoms with E-state index in [9.17, 15) is 10.1 Å². The maximum Gasteiger partial charge on any atom is 0.292 e. The highest BCUT2D eigenvalue weighted by atomic mass is 16.6. The summed E-state index contributed by atoms with van der Waals surface area (Å²) in [7, 11) is 1.62. The van der Waals surface area contributed by atoms with Crippen molar-refractivity contribution in [2.24, 2.45) is 0 Å². The number of benzene rings is 2. The van der Waals surface area contributed by atoms with Crippen molar-refractivity contribution in [3.8, 4) is 11.8 Å². The van der Waals surface area contributed by atoms with Crippen LogP contribution in [0.15, 0.2) is 42.5 Å². The fraction of sp³-hybridized carbons (Fsp3) is 0.133. The Kier molecular flexibility index (Phi) is 4.36. The second kappa shape index (κ2) is 6.39. The van der Waals surface area contributed by atoms with Gasteiger partial charge in [-0.2, -0.15) is 5.26 Å². The zero-order valence-electron chi connectivity index (χ0n) is 11.4. The summed E-state index contributed by atoms with van der Waals surface area (Å²) in [5, 5.41) is 22.8.